The first-order chi connectivity index (χ1) is 16.3. The molecule has 11 heteroatoms. The van der Waals surface area contributed by atoms with Crippen LogP contribution >= 0.6 is 0 Å². The Kier molecular flexibility index (Phi) is 6.77. The first kappa shape index (κ1) is 23.6. The van der Waals surface area contributed by atoms with Crippen LogP contribution in [0.15, 0.2) is 64.6 Å². The van der Waals surface area contributed by atoms with Crippen molar-refractivity contribution in [3.8, 4) is 5.75 Å². The van der Waals surface area contributed by atoms with E-state index < -0.39 is 14.9 Å². The number of morpholine rings is 1. The summed E-state index contributed by atoms with van der Waals surface area (Å²) in [6, 6.07) is 15.3. The molecule has 1 fully saturated rings. The molecule has 0 aromatic heterocycles. The quantitative estimate of drug-likeness (QED) is 0.309. The van der Waals surface area contributed by atoms with E-state index >= 15 is 0 Å². The molecule has 0 aliphatic carbocycles. The van der Waals surface area contributed by atoms with Crippen molar-refractivity contribution in [3.05, 3.63) is 70.3 Å². The summed E-state index contributed by atoms with van der Waals surface area (Å²) in [7, 11) is -2.25. The lowest BCUT2D eigenvalue weighted by atomic mass is 10.0. The lowest BCUT2D eigenvalue weighted by Gasteiger charge is -2.26. The first-order valence-corrected chi connectivity index (χ1v) is 12.0. The fourth-order valence-corrected chi connectivity index (χ4v) is 5.07. The number of nitro benzene ring substituents is 1. The molecule has 0 amide bonds. The summed E-state index contributed by atoms with van der Waals surface area (Å²) in [4.78, 5) is 10.9. The molecule has 3 aromatic rings. The molecule has 0 unspecified atom stereocenters. The number of fused-ring (bicyclic) bond motifs is 1. The van der Waals surface area contributed by atoms with E-state index in [4.69, 9.17) is 9.47 Å². The van der Waals surface area contributed by atoms with Crippen molar-refractivity contribution >= 4 is 37.9 Å². The number of hydrogen-bond acceptors (Lipinski definition) is 8. The first-order valence-electron chi connectivity index (χ1n) is 10.5. The van der Waals surface area contributed by atoms with E-state index in [9.17, 15) is 18.5 Å². The van der Waals surface area contributed by atoms with E-state index in [0.717, 1.165) is 28.2 Å². The van der Waals surface area contributed by atoms with Crippen molar-refractivity contribution in [2.75, 3.05) is 38.8 Å². The second-order valence-electron chi connectivity index (χ2n) is 7.69. The molecular formula is C23H24N4O6S. The average Bonchev–Trinajstić information content (AvgIpc) is 2.86. The molecule has 0 radical (unpaired) electrons. The number of nitro groups is 1. The Balaban J connectivity index is 1.59. The summed E-state index contributed by atoms with van der Waals surface area (Å²) >= 11 is 0. The monoisotopic (exact) mass is 484 g/mol. The van der Waals surface area contributed by atoms with Gasteiger partial charge in [-0.2, -0.15) is 9.41 Å². The van der Waals surface area contributed by atoms with E-state index in [0.29, 0.717) is 5.71 Å². The fourth-order valence-electron chi connectivity index (χ4n) is 3.64. The number of benzene rings is 3. The maximum absolute atomic E-state index is 12.9. The third-order valence-electron chi connectivity index (χ3n) is 5.58. The van der Waals surface area contributed by atoms with Crippen molar-refractivity contribution in [2.45, 2.75) is 11.8 Å². The van der Waals surface area contributed by atoms with Crippen molar-refractivity contribution < 1.29 is 22.8 Å². The molecule has 0 atom stereocenters. The highest BCUT2D eigenvalue weighted by Gasteiger charge is 2.28. The molecule has 1 aliphatic heterocycles. The van der Waals surface area contributed by atoms with Crippen molar-refractivity contribution in [2.24, 2.45) is 5.10 Å². The molecule has 3 aromatic carbocycles. The lowest BCUT2D eigenvalue weighted by molar-refractivity contribution is -0.384. The van der Waals surface area contributed by atoms with E-state index in [1.165, 1.54) is 16.4 Å². The van der Waals surface area contributed by atoms with Crippen LogP contribution in [0.3, 0.4) is 0 Å². The molecule has 1 aliphatic rings. The van der Waals surface area contributed by atoms with Crippen LogP contribution in [-0.4, -0.2) is 56.8 Å². The van der Waals surface area contributed by atoms with Crippen LogP contribution in [0.4, 0.5) is 11.4 Å². The van der Waals surface area contributed by atoms with Crippen molar-refractivity contribution in [1.29, 1.82) is 0 Å². The van der Waals surface area contributed by atoms with Gasteiger partial charge in [0.2, 0.25) is 10.0 Å². The van der Waals surface area contributed by atoms with Gasteiger partial charge in [-0.3, -0.25) is 15.5 Å². The van der Waals surface area contributed by atoms with Crippen molar-refractivity contribution in [3.63, 3.8) is 0 Å². The van der Waals surface area contributed by atoms with Gasteiger partial charge in [0.05, 0.1) is 35.9 Å². The number of nitrogens with zero attached hydrogens (tertiary/aromatic N) is 3. The molecular weight excluding hydrogens is 460 g/mol. The molecule has 0 spiro atoms. The summed E-state index contributed by atoms with van der Waals surface area (Å²) in [6.45, 7) is 2.77. The number of methoxy groups -OCH3 is 1. The third-order valence-corrected chi connectivity index (χ3v) is 7.48. The summed E-state index contributed by atoms with van der Waals surface area (Å²) in [6.07, 6.45) is 0. The fraction of sp³-hybridized carbons (Fsp3) is 0.261. The van der Waals surface area contributed by atoms with Crippen LogP contribution in [0.25, 0.3) is 10.8 Å². The molecule has 1 heterocycles. The number of hydrogen-bond donors (Lipinski definition) is 1. The maximum Gasteiger partial charge on any atom is 0.295 e. The summed E-state index contributed by atoms with van der Waals surface area (Å²) in [5.74, 6) is 0.763. The zero-order valence-electron chi connectivity index (χ0n) is 18.7. The van der Waals surface area contributed by atoms with Gasteiger partial charge in [-0.05, 0) is 53.6 Å². The molecule has 34 heavy (non-hydrogen) atoms. The highest BCUT2D eigenvalue weighted by Crippen LogP contribution is 2.29. The normalized spacial score (nSPS) is 15.3. The summed E-state index contributed by atoms with van der Waals surface area (Å²) in [5.41, 5.74) is 3.87. The number of rotatable bonds is 7. The third kappa shape index (κ3) is 4.86. The van der Waals surface area contributed by atoms with Gasteiger partial charge in [-0.25, -0.2) is 8.42 Å². The van der Waals surface area contributed by atoms with Crippen LogP contribution in [-0.2, 0) is 14.8 Å². The molecule has 0 saturated carbocycles. The van der Waals surface area contributed by atoms with E-state index in [2.05, 4.69) is 10.5 Å². The largest absolute Gasteiger partial charge is 0.497 e. The van der Waals surface area contributed by atoms with Gasteiger partial charge in [0.15, 0.2) is 0 Å². The van der Waals surface area contributed by atoms with Crippen LogP contribution in [0.2, 0.25) is 0 Å². The van der Waals surface area contributed by atoms with Crippen LogP contribution < -0.4 is 10.2 Å². The van der Waals surface area contributed by atoms with Crippen molar-refractivity contribution in [1.82, 2.24) is 4.31 Å². The van der Waals surface area contributed by atoms with Crippen LogP contribution in [0.1, 0.15) is 12.5 Å². The van der Waals surface area contributed by atoms with Gasteiger partial charge in [0.1, 0.15) is 11.4 Å². The van der Waals surface area contributed by atoms with Crippen LogP contribution in [0.5, 0.6) is 5.75 Å². The van der Waals surface area contributed by atoms with E-state index in [1.807, 2.05) is 36.4 Å². The van der Waals surface area contributed by atoms with Gasteiger partial charge in [-0.1, -0.05) is 18.2 Å². The highest BCUT2D eigenvalue weighted by atomic mass is 32.2. The number of ether oxygens (including phenoxy) is 2. The number of sulfonamides is 1. The highest BCUT2D eigenvalue weighted by molar-refractivity contribution is 7.89. The average molecular weight is 485 g/mol. The Morgan fingerprint density at radius 3 is 2.50 bits per heavy atom. The zero-order chi connectivity index (χ0) is 24.3. The van der Waals surface area contributed by atoms with Gasteiger partial charge >= 0.3 is 0 Å². The smallest absolute Gasteiger partial charge is 0.295 e. The minimum absolute atomic E-state index is 0.0933. The molecule has 1 saturated heterocycles. The van der Waals surface area contributed by atoms with Gasteiger partial charge in [0.25, 0.3) is 5.69 Å². The predicted octanol–water partition coefficient (Wildman–Crippen LogP) is 3.61. The summed E-state index contributed by atoms with van der Waals surface area (Å²) in [5, 5.41) is 18.0. The minimum Gasteiger partial charge on any atom is -0.497 e. The zero-order valence-corrected chi connectivity index (χ0v) is 19.5. The van der Waals surface area contributed by atoms with Gasteiger partial charge < -0.3 is 9.47 Å². The lowest BCUT2D eigenvalue weighted by Crippen LogP contribution is -2.40. The van der Waals surface area contributed by atoms with Crippen LogP contribution in [0, 0.1) is 10.1 Å². The number of hydrazone groups is 1. The van der Waals surface area contributed by atoms with Gasteiger partial charge in [0, 0.05) is 19.2 Å². The Morgan fingerprint density at radius 2 is 1.79 bits per heavy atom. The maximum atomic E-state index is 12.9. The number of anilines is 1. The Morgan fingerprint density at radius 1 is 1.09 bits per heavy atom. The Bertz CT molecular complexity index is 1370. The molecule has 178 valence electrons. The van der Waals surface area contributed by atoms with E-state index in [-0.39, 0.29) is 42.6 Å². The standard InChI is InChI=1S/C23H24N4O6S/c1-16(17-3-4-19-14-20(32-2)6-5-18(19)13-17)24-25-22-8-7-21(15-23(22)27(28)29)34(30,31)26-9-11-33-12-10-26/h3-8,13-15,25H,9-12H2,1-2H3. The summed E-state index contributed by atoms with van der Waals surface area (Å²) < 4.78 is 37.4. The van der Waals surface area contributed by atoms with E-state index in [1.54, 1.807) is 14.0 Å². The second-order valence-corrected chi connectivity index (χ2v) is 9.63. The number of nitrogens with one attached hydrogen (secondary N) is 1. The molecule has 0 bridgehead atoms. The molecule has 1 N–H and O–H groups in total. The predicted molar refractivity (Wildman–Crippen MR) is 129 cm³/mol. The Labute approximate surface area is 197 Å². The van der Waals surface area contributed by atoms with Gasteiger partial charge in [-0.15, -0.1) is 0 Å². The SMILES string of the molecule is COc1ccc2cc(C(C)=NNc3ccc(S(=O)(=O)N4CCOCC4)cc3[N+](=O)[O-])ccc2c1. The molecule has 10 nitrogen and oxygen atoms in total. The minimum atomic E-state index is -3.86. The Hall–Kier alpha value is -3.54. The second kappa shape index (κ2) is 9.75. The molecule has 4 rings (SSSR count). The topological polar surface area (TPSA) is 123 Å².